The molecule has 0 amide bonds. The molecule has 1 fully saturated rings. The minimum atomic E-state index is 0.356. The summed E-state index contributed by atoms with van der Waals surface area (Å²) < 4.78 is 2.18. The van der Waals surface area contributed by atoms with E-state index in [0.29, 0.717) is 6.04 Å². The number of nitrogens with two attached hydrogens (primary N) is 1. The van der Waals surface area contributed by atoms with Crippen molar-refractivity contribution in [2.75, 3.05) is 0 Å². The lowest BCUT2D eigenvalue weighted by atomic mass is 9.79. The normalized spacial score (nSPS) is 17.9. The number of fused-ring (bicyclic) bond motifs is 1. The van der Waals surface area contributed by atoms with E-state index >= 15 is 0 Å². The Hall–Kier alpha value is -1.39. The molecule has 2 aromatic rings. The van der Waals surface area contributed by atoms with Gasteiger partial charge in [0, 0.05) is 19.5 Å². The molecule has 18 heavy (non-hydrogen) atoms. The summed E-state index contributed by atoms with van der Waals surface area (Å²) in [6, 6.07) is 8.61. The topological polar surface area (TPSA) is 55.9 Å². The van der Waals surface area contributed by atoms with Gasteiger partial charge in [-0.25, -0.2) is 4.98 Å². The molecule has 0 saturated heterocycles. The predicted molar refractivity (Wildman–Crippen MR) is 72.9 cm³/mol. The van der Waals surface area contributed by atoms with Crippen LogP contribution in [0.1, 0.15) is 25.1 Å². The second-order valence-corrected chi connectivity index (χ2v) is 5.24. The van der Waals surface area contributed by atoms with Gasteiger partial charge < -0.3 is 4.57 Å². The zero-order valence-electron chi connectivity index (χ0n) is 10.8. The molecule has 4 heteroatoms. The van der Waals surface area contributed by atoms with E-state index < -0.39 is 0 Å². The van der Waals surface area contributed by atoms with Gasteiger partial charge in [-0.3, -0.25) is 11.3 Å². The number of aryl methyl sites for hydroxylation is 1. The van der Waals surface area contributed by atoms with Crippen molar-refractivity contribution in [3.05, 3.63) is 30.1 Å². The van der Waals surface area contributed by atoms with Crippen LogP contribution in [0.25, 0.3) is 11.0 Å². The number of aromatic nitrogens is 2. The van der Waals surface area contributed by atoms with Crippen molar-refractivity contribution in [2.24, 2.45) is 18.8 Å². The van der Waals surface area contributed by atoms with Gasteiger partial charge in [-0.2, -0.15) is 0 Å². The van der Waals surface area contributed by atoms with Gasteiger partial charge in [0.25, 0.3) is 0 Å². The highest BCUT2D eigenvalue weighted by atomic mass is 15.2. The SMILES string of the molecule is Cn1c(CC(NN)C2CCC2)nc2ccccc21. The van der Waals surface area contributed by atoms with Crippen LogP contribution in [0, 0.1) is 5.92 Å². The molecule has 1 heterocycles. The second kappa shape index (κ2) is 4.71. The molecule has 1 unspecified atom stereocenters. The molecule has 4 nitrogen and oxygen atoms in total. The van der Waals surface area contributed by atoms with E-state index in [-0.39, 0.29) is 0 Å². The van der Waals surface area contributed by atoms with Crippen molar-refractivity contribution in [3.8, 4) is 0 Å². The Morgan fingerprint density at radius 1 is 1.44 bits per heavy atom. The molecule has 0 bridgehead atoms. The summed E-state index contributed by atoms with van der Waals surface area (Å²) in [7, 11) is 2.08. The van der Waals surface area contributed by atoms with Crippen molar-refractivity contribution >= 4 is 11.0 Å². The molecule has 3 N–H and O–H groups in total. The van der Waals surface area contributed by atoms with E-state index in [9.17, 15) is 0 Å². The van der Waals surface area contributed by atoms with E-state index in [0.717, 1.165) is 23.7 Å². The third kappa shape index (κ3) is 1.91. The van der Waals surface area contributed by atoms with Crippen LogP contribution >= 0.6 is 0 Å². The molecule has 0 aliphatic heterocycles. The minimum Gasteiger partial charge on any atom is -0.331 e. The Labute approximate surface area is 107 Å². The van der Waals surface area contributed by atoms with Gasteiger partial charge in [0.2, 0.25) is 0 Å². The fourth-order valence-corrected chi connectivity index (χ4v) is 2.78. The fraction of sp³-hybridized carbons (Fsp3) is 0.500. The first-order valence-corrected chi connectivity index (χ1v) is 6.66. The summed E-state index contributed by atoms with van der Waals surface area (Å²) in [5, 5.41) is 0. The van der Waals surface area contributed by atoms with Crippen LogP contribution in [-0.2, 0) is 13.5 Å². The standard InChI is InChI=1S/C14H20N4/c1-18-13-8-3-2-7-11(13)16-14(18)9-12(17-15)10-5-4-6-10/h2-3,7-8,10,12,17H,4-6,9,15H2,1H3. The minimum absolute atomic E-state index is 0.356. The molecule has 1 aliphatic rings. The number of hydrogen-bond donors (Lipinski definition) is 2. The van der Waals surface area contributed by atoms with E-state index in [1.807, 2.05) is 6.07 Å². The van der Waals surface area contributed by atoms with Crippen LogP contribution < -0.4 is 11.3 Å². The van der Waals surface area contributed by atoms with Crippen LogP contribution in [0.2, 0.25) is 0 Å². The summed E-state index contributed by atoms with van der Waals surface area (Å²) in [5.74, 6) is 7.52. The number of nitrogens with one attached hydrogen (secondary N) is 1. The number of nitrogens with zero attached hydrogens (tertiary/aromatic N) is 2. The van der Waals surface area contributed by atoms with Crippen molar-refractivity contribution in [1.29, 1.82) is 0 Å². The van der Waals surface area contributed by atoms with Crippen molar-refractivity contribution in [1.82, 2.24) is 15.0 Å². The first-order valence-electron chi connectivity index (χ1n) is 6.66. The third-order valence-electron chi connectivity index (χ3n) is 4.22. The lowest BCUT2D eigenvalue weighted by Gasteiger charge is -2.33. The summed E-state index contributed by atoms with van der Waals surface area (Å²) in [5.41, 5.74) is 5.23. The maximum atomic E-state index is 5.69. The van der Waals surface area contributed by atoms with Crippen LogP contribution in [-0.4, -0.2) is 15.6 Å². The van der Waals surface area contributed by atoms with E-state index in [1.165, 1.54) is 24.8 Å². The van der Waals surface area contributed by atoms with Crippen LogP contribution in [0.5, 0.6) is 0 Å². The molecule has 96 valence electrons. The number of hydrogen-bond acceptors (Lipinski definition) is 3. The molecule has 1 aliphatic carbocycles. The molecule has 3 rings (SSSR count). The third-order valence-corrected chi connectivity index (χ3v) is 4.22. The largest absolute Gasteiger partial charge is 0.331 e. The molecule has 1 saturated carbocycles. The molecule has 1 aromatic carbocycles. The van der Waals surface area contributed by atoms with Crippen molar-refractivity contribution in [2.45, 2.75) is 31.7 Å². The molecule has 0 radical (unpaired) electrons. The highest BCUT2D eigenvalue weighted by Crippen LogP contribution is 2.31. The van der Waals surface area contributed by atoms with Crippen molar-refractivity contribution in [3.63, 3.8) is 0 Å². The highest BCUT2D eigenvalue weighted by molar-refractivity contribution is 5.75. The Kier molecular flexibility index (Phi) is 3.06. The monoisotopic (exact) mass is 244 g/mol. The molecular weight excluding hydrogens is 224 g/mol. The number of benzene rings is 1. The Morgan fingerprint density at radius 3 is 2.83 bits per heavy atom. The number of hydrazine groups is 1. The molecule has 0 spiro atoms. The summed E-state index contributed by atoms with van der Waals surface area (Å²) in [6.07, 6.45) is 4.83. The number of para-hydroxylation sites is 2. The first kappa shape index (κ1) is 11.7. The Morgan fingerprint density at radius 2 is 2.22 bits per heavy atom. The summed E-state index contributed by atoms with van der Waals surface area (Å²) in [4.78, 5) is 4.71. The smallest absolute Gasteiger partial charge is 0.111 e. The quantitative estimate of drug-likeness (QED) is 0.636. The van der Waals surface area contributed by atoms with Gasteiger partial charge in [0.1, 0.15) is 5.82 Å². The molecule has 1 aromatic heterocycles. The van der Waals surface area contributed by atoms with Gasteiger partial charge in [-0.05, 0) is 30.9 Å². The summed E-state index contributed by atoms with van der Waals surface area (Å²) >= 11 is 0. The van der Waals surface area contributed by atoms with Gasteiger partial charge in [0.15, 0.2) is 0 Å². The van der Waals surface area contributed by atoms with Gasteiger partial charge in [0.05, 0.1) is 11.0 Å². The Bertz CT molecular complexity index is 542. The van der Waals surface area contributed by atoms with E-state index in [4.69, 9.17) is 10.8 Å². The Balaban J connectivity index is 1.87. The zero-order chi connectivity index (χ0) is 12.5. The van der Waals surface area contributed by atoms with E-state index in [1.54, 1.807) is 0 Å². The predicted octanol–water partition coefficient (Wildman–Crippen LogP) is 1.75. The van der Waals surface area contributed by atoms with Crippen LogP contribution in [0.4, 0.5) is 0 Å². The maximum absolute atomic E-state index is 5.69. The average molecular weight is 244 g/mol. The number of rotatable bonds is 4. The van der Waals surface area contributed by atoms with Gasteiger partial charge in [-0.15, -0.1) is 0 Å². The second-order valence-electron chi connectivity index (χ2n) is 5.24. The lowest BCUT2D eigenvalue weighted by molar-refractivity contribution is 0.226. The maximum Gasteiger partial charge on any atom is 0.111 e. The average Bonchev–Trinajstić information content (AvgIpc) is 2.64. The lowest BCUT2D eigenvalue weighted by Crippen LogP contribution is -2.45. The van der Waals surface area contributed by atoms with Crippen molar-refractivity contribution < 1.29 is 0 Å². The molecular formula is C14H20N4. The fourth-order valence-electron chi connectivity index (χ4n) is 2.78. The number of imidazole rings is 1. The highest BCUT2D eigenvalue weighted by Gasteiger charge is 2.27. The summed E-state index contributed by atoms with van der Waals surface area (Å²) in [6.45, 7) is 0. The van der Waals surface area contributed by atoms with Gasteiger partial charge >= 0.3 is 0 Å². The van der Waals surface area contributed by atoms with Crippen LogP contribution in [0.15, 0.2) is 24.3 Å². The van der Waals surface area contributed by atoms with Crippen LogP contribution in [0.3, 0.4) is 0 Å². The van der Waals surface area contributed by atoms with Gasteiger partial charge in [-0.1, -0.05) is 18.6 Å². The van der Waals surface area contributed by atoms with E-state index in [2.05, 4.69) is 35.2 Å². The zero-order valence-corrected chi connectivity index (χ0v) is 10.8. The first-order chi connectivity index (χ1) is 8.79. The molecule has 1 atom stereocenters.